The summed E-state index contributed by atoms with van der Waals surface area (Å²) in [7, 11) is 0. The highest BCUT2D eigenvalue weighted by atomic mass is 19.3. The molecule has 1 fully saturated rings. The summed E-state index contributed by atoms with van der Waals surface area (Å²) in [5.41, 5.74) is 5.19. The van der Waals surface area contributed by atoms with E-state index in [0.717, 1.165) is 0 Å². The second-order valence-corrected chi connectivity index (χ2v) is 2.43. The number of alkyl halides is 2. The first-order valence-electron chi connectivity index (χ1n) is 2.67. The highest BCUT2D eigenvalue weighted by Gasteiger charge is 2.58. The van der Waals surface area contributed by atoms with Crippen molar-refractivity contribution in [2.24, 2.45) is 11.7 Å². The molecule has 1 aliphatic carbocycles. The van der Waals surface area contributed by atoms with Crippen molar-refractivity contribution in [3.8, 4) is 0 Å². The van der Waals surface area contributed by atoms with E-state index < -0.39 is 11.8 Å². The quantitative estimate of drug-likeness (QED) is 0.550. The first-order valence-corrected chi connectivity index (χ1v) is 2.67. The molecule has 2 N–H and O–H groups in total. The van der Waals surface area contributed by atoms with Crippen LogP contribution in [0.15, 0.2) is 0 Å². The van der Waals surface area contributed by atoms with Gasteiger partial charge >= 0.3 is 0 Å². The molecule has 0 aliphatic heterocycles. The Bertz CT molecular complexity index is 101. The highest BCUT2D eigenvalue weighted by molar-refractivity contribution is 4.99. The van der Waals surface area contributed by atoms with E-state index in [1.807, 2.05) is 0 Å². The van der Waals surface area contributed by atoms with Gasteiger partial charge in [-0.1, -0.05) is 0 Å². The lowest BCUT2D eigenvalue weighted by Gasteiger charge is -1.99. The second-order valence-electron chi connectivity index (χ2n) is 2.43. The third-order valence-corrected chi connectivity index (χ3v) is 1.51. The standard InChI is InChI=1S/C5H9F2N/c1-3(8)4-2-5(4,6)7/h3-4H,2,8H2,1H3/t3-,4-/m0/s1. The van der Waals surface area contributed by atoms with Gasteiger partial charge in [0.05, 0.1) is 0 Å². The van der Waals surface area contributed by atoms with Crippen molar-refractivity contribution in [2.75, 3.05) is 0 Å². The van der Waals surface area contributed by atoms with Gasteiger partial charge in [-0.2, -0.15) is 0 Å². The molecule has 0 spiro atoms. The van der Waals surface area contributed by atoms with Crippen LogP contribution in [0, 0.1) is 5.92 Å². The van der Waals surface area contributed by atoms with Gasteiger partial charge < -0.3 is 5.73 Å². The normalized spacial score (nSPS) is 36.8. The molecule has 0 heterocycles. The Kier molecular flexibility index (Phi) is 1.05. The molecule has 8 heavy (non-hydrogen) atoms. The smallest absolute Gasteiger partial charge is 0.253 e. The van der Waals surface area contributed by atoms with E-state index in [2.05, 4.69) is 0 Å². The fourth-order valence-electron chi connectivity index (χ4n) is 0.805. The Morgan fingerprint density at radius 3 is 2.12 bits per heavy atom. The maximum absolute atomic E-state index is 12.0. The van der Waals surface area contributed by atoms with Gasteiger partial charge in [0.15, 0.2) is 0 Å². The zero-order valence-electron chi connectivity index (χ0n) is 4.70. The fraction of sp³-hybridized carbons (Fsp3) is 1.00. The predicted octanol–water partition coefficient (Wildman–Crippen LogP) is 0.989. The molecule has 0 unspecified atom stereocenters. The number of nitrogens with two attached hydrogens (primary N) is 1. The third kappa shape index (κ3) is 0.823. The molecule has 0 radical (unpaired) electrons. The largest absolute Gasteiger partial charge is 0.327 e. The van der Waals surface area contributed by atoms with Crippen LogP contribution in [0.2, 0.25) is 0 Å². The van der Waals surface area contributed by atoms with Crippen LogP contribution >= 0.6 is 0 Å². The minimum absolute atomic E-state index is 0.00926. The van der Waals surface area contributed by atoms with Gasteiger partial charge in [-0.25, -0.2) is 8.78 Å². The van der Waals surface area contributed by atoms with E-state index >= 15 is 0 Å². The zero-order chi connectivity index (χ0) is 6.36. The lowest BCUT2D eigenvalue weighted by molar-refractivity contribution is 0.0946. The van der Waals surface area contributed by atoms with Gasteiger partial charge in [-0.05, 0) is 6.92 Å². The fourth-order valence-corrected chi connectivity index (χ4v) is 0.805. The summed E-state index contributed by atoms with van der Waals surface area (Å²) < 4.78 is 23.9. The van der Waals surface area contributed by atoms with Gasteiger partial charge in [0, 0.05) is 18.4 Å². The van der Waals surface area contributed by atoms with E-state index in [0.29, 0.717) is 0 Å². The van der Waals surface area contributed by atoms with Gasteiger partial charge in [0.1, 0.15) is 0 Å². The number of hydrogen-bond acceptors (Lipinski definition) is 1. The van der Waals surface area contributed by atoms with Crippen molar-refractivity contribution in [1.29, 1.82) is 0 Å². The van der Waals surface area contributed by atoms with E-state index in [4.69, 9.17) is 5.73 Å². The SMILES string of the molecule is C[C@H](N)[C@@H]1CC1(F)F. The van der Waals surface area contributed by atoms with Crippen LogP contribution in [-0.2, 0) is 0 Å². The summed E-state index contributed by atoms with van der Waals surface area (Å²) in [6, 6.07) is -0.343. The molecule has 1 rings (SSSR count). The van der Waals surface area contributed by atoms with Crippen molar-refractivity contribution in [3.05, 3.63) is 0 Å². The molecule has 0 aromatic rings. The Labute approximate surface area is 46.9 Å². The van der Waals surface area contributed by atoms with E-state index in [1.165, 1.54) is 0 Å². The number of rotatable bonds is 1. The molecular formula is C5H9F2N. The van der Waals surface area contributed by atoms with Crippen LogP contribution in [0.4, 0.5) is 8.78 Å². The van der Waals surface area contributed by atoms with Crippen LogP contribution in [0.5, 0.6) is 0 Å². The summed E-state index contributed by atoms with van der Waals surface area (Å²) in [4.78, 5) is 0. The molecule has 0 aromatic carbocycles. The number of hydrogen-bond donors (Lipinski definition) is 1. The van der Waals surface area contributed by atoms with Crippen molar-refractivity contribution in [2.45, 2.75) is 25.3 Å². The Hall–Kier alpha value is -0.180. The lowest BCUT2D eigenvalue weighted by atomic mass is 10.2. The van der Waals surface area contributed by atoms with Crippen LogP contribution in [0.3, 0.4) is 0 Å². The number of halogens is 2. The van der Waals surface area contributed by atoms with Crippen LogP contribution in [0.25, 0.3) is 0 Å². The van der Waals surface area contributed by atoms with Crippen molar-refractivity contribution in [3.63, 3.8) is 0 Å². The van der Waals surface area contributed by atoms with Gasteiger partial charge in [-0.3, -0.25) is 0 Å². The third-order valence-electron chi connectivity index (χ3n) is 1.51. The zero-order valence-corrected chi connectivity index (χ0v) is 4.70. The monoisotopic (exact) mass is 121 g/mol. The minimum Gasteiger partial charge on any atom is -0.327 e. The molecule has 0 saturated heterocycles. The molecule has 1 aliphatic rings. The molecule has 1 saturated carbocycles. The highest BCUT2D eigenvalue weighted by Crippen LogP contribution is 2.49. The lowest BCUT2D eigenvalue weighted by Crippen LogP contribution is -2.20. The molecule has 48 valence electrons. The average Bonchev–Trinajstić information content (AvgIpc) is 2.13. The summed E-state index contributed by atoms with van der Waals surface area (Å²) >= 11 is 0. The molecule has 2 atom stereocenters. The van der Waals surface area contributed by atoms with Crippen molar-refractivity contribution >= 4 is 0 Å². The van der Waals surface area contributed by atoms with Gasteiger partial charge in [0.2, 0.25) is 0 Å². The maximum atomic E-state index is 12.0. The summed E-state index contributed by atoms with van der Waals surface area (Å²) in [6.45, 7) is 1.62. The maximum Gasteiger partial charge on any atom is 0.253 e. The first-order chi connectivity index (χ1) is 3.54. The van der Waals surface area contributed by atoms with Crippen LogP contribution in [0.1, 0.15) is 13.3 Å². The Balaban J connectivity index is 2.37. The Morgan fingerprint density at radius 1 is 1.75 bits per heavy atom. The van der Waals surface area contributed by atoms with Crippen LogP contribution in [-0.4, -0.2) is 12.0 Å². The van der Waals surface area contributed by atoms with Crippen LogP contribution < -0.4 is 5.73 Å². The first kappa shape index (κ1) is 5.95. The van der Waals surface area contributed by atoms with E-state index in [9.17, 15) is 8.78 Å². The summed E-state index contributed by atoms with van der Waals surface area (Å²) in [6.07, 6.45) is -0.00926. The molecule has 0 aromatic heterocycles. The molecule has 3 heteroatoms. The average molecular weight is 121 g/mol. The van der Waals surface area contributed by atoms with E-state index in [1.54, 1.807) is 6.92 Å². The summed E-state index contributed by atoms with van der Waals surface area (Å²) in [5, 5.41) is 0. The molecule has 0 amide bonds. The predicted molar refractivity (Wildman–Crippen MR) is 26.7 cm³/mol. The summed E-state index contributed by atoms with van der Waals surface area (Å²) in [5.74, 6) is -2.98. The van der Waals surface area contributed by atoms with Crippen molar-refractivity contribution in [1.82, 2.24) is 0 Å². The van der Waals surface area contributed by atoms with Crippen molar-refractivity contribution < 1.29 is 8.78 Å². The Morgan fingerprint density at radius 2 is 2.12 bits per heavy atom. The minimum atomic E-state index is -2.44. The molecule has 0 bridgehead atoms. The second kappa shape index (κ2) is 1.41. The molecule has 1 nitrogen and oxygen atoms in total. The van der Waals surface area contributed by atoms with Gasteiger partial charge in [0.25, 0.3) is 5.92 Å². The van der Waals surface area contributed by atoms with E-state index in [-0.39, 0.29) is 12.5 Å². The molecular weight excluding hydrogens is 112 g/mol. The van der Waals surface area contributed by atoms with Gasteiger partial charge in [-0.15, -0.1) is 0 Å². The topological polar surface area (TPSA) is 26.0 Å².